The Morgan fingerprint density at radius 3 is 2.53 bits per heavy atom. The number of halogens is 1. The maximum Gasteiger partial charge on any atom is 0.0453 e. The minimum atomic E-state index is 0.483. The van der Waals surface area contributed by atoms with E-state index in [4.69, 9.17) is 11.6 Å². The first-order valence-corrected chi connectivity index (χ1v) is 8.17. The normalized spacial score (nSPS) is 40.2. The van der Waals surface area contributed by atoms with Gasteiger partial charge in [-0.05, 0) is 67.0 Å². The molecule has 2 heteroatoms. The summed E-state index contributed by atoms with van der Waals surface area (Å²) in [5, 5.41) is 4.65. The number of hydrogen-bond donors (Lipinski definition) is 1. The second-order valence-corrected chi connectivity index (χ2v) is 7.03. The molecule has 0 spiro atoms. The van der Waals surface area contributed by atoms with Crippen molar-refractivity contribution >= 4 is 11.6 Å². The zero-order valence-corrected chi connectivity index (χ0v) is 12.2. The highest BCUT2D eigenvalue weighted by Crippen LogP contribution is 2.72. The third-order valence-electron chi connectivity index (χ3n) is 5.84. The van der Waals surface area contributed by atoms with Gasteiger partial charge in [0.1, 0.15) is 0 Å². The van der Waals surface area contributed by atoms with E-state index in [9.17, 15) is 0 Å². The molecule has 3 saturated carbocycles. The van der Waals surface area contributed by atoms with Crippen LogP contribution in [-0.2, 0) is 0 Å². The second-order valence-electron chi connectivity index (χ2n) is 6.62. The first kappa shape index (κ1) is 12.2. The molecule has 1 aromatic carbocycles. The zero-order valence-electron chi connectivity index (χ0n) is 11.5. The molecular weight excluding hydrogens is 254 g/mol. The minimum absolute atomic E-state index is 0.483. The van der Waals surface area contributed by atoms with E-state index in [-0.39, 0.29) is 0 Å². The smallest absolute Gasteiger partial charge is 0.0453 e. The highest BCUT2D eigenvalue weighted by atomic mass is 35.5. The van der Waals surface area contributed by atoms with Crippen molar-refractivity contribution in [3.05, 3.63) is 34.9 Å². The molecule has 4 rings (SSSR count). The Morgan fingerprint density at radius 2 is 1.89 bits per heavy atom. The fraction of sp³-hybridized carbons (Fsp3) is 0.647. The number of rotatable bonds is 4. The van der Waals surface area contributed by atoms with Crippen LogP contribution in [0.25, 0.3) is 0 Å². The van der Waals surface area contributed by atoms with Crippen LogP contribution in [0.2, 0.25) is 5.02 Å². The Balaban J connectivity index is 1.62. The van der Waals surface area contributed by atoms with E-state index in [1.807, 2.05) is 12.1 Å². The molecule has 3 aliphatic carbocycles. The monoisotopic (exact) mass is 275 g/mol. The highest BCUT2D eigenvalue weighted by molar-refractivity contribution is 6.31. The standard InChI is InChI=1S/C17H22ClN/c1-2-19-17(12-5-3-4-6-13(12)18)16-14-10-7-8-11(9-10)15(14)16/h3-6,10-11,14-17,19H,2,7-9H2,1H3. The van der Waals surface area contributed by atoms with Crippen LogP contribution < -0.4 is 5.32 Å². The van der Waals surface area contributed by atoms with Crippen LogP contribution in [0.5, 0.6) is 0 Å². The maximum atomic E-state index is 6.43. The Bertz CT molecular complexity index is 470. The Labute approximate surface area is 120 Å². The molecule has 5 unspecified atom stereocenters. The lowest BCUT2D eigenvalue weighted by Crippen LogP contribution is -2.25. The van der Waals surface area contributed by atoms with Gasteiger partial charge in [0, 0.05) is 11.1 Å². The molecule has 0 heterocycles. The molecule has 19 heavy (non-hydrogen) atoms. The van der Waals surface area contributed by atoms with Gasteiger partial charge in [-0.25, -0.2) is 0 Å². The number of benzene rings is 1. The largest absolute Gasteiger partial charge is 0.310 e. The summed E-state index contributed by atoms with van der Waals surface area (Å²) in [6.45, 7) is 3.23. The van der Waals surface area contributed by atoms with E-state index in [2.05, 4.69) is 24.4 Å². The molecule has 102 valence electrons. The number of nitrogens with one attached hydrogen (secondary N) is 1. The summed E-state index contributed by atoms with van der Waals surface area (Å²) in [5.74, 6) is 4.91. The van der Waals surface area contributed by atoms with Crippen molar-refractivity contribution < 1.29 is 0 Å². The fourth-order valence-corrected chi connectivity index (χ4v) is 5.49. The summed E-state index contributed by atoms with van der Waals surface area (Å²) < 4.78 is 0. The third kappa shape index (κ3) is 1.78. The van der Waals surface area contributed by atoms with Crippen molar-refractivity contribution in [2.45, 2.75) is 32.2 Å². The Morgan fingerprint density at radius 1 is 1.21 bits per heavy atom. The first-order chi connectivity index (χ1) is 9.31. The summed E-state index contributed by atoms with van der Waals surface area (Å²) in [6, 6.07) is 8.89. The maximum absolute atomic E-state index is 6.43. The third-order valence-corrected chi connectivity index (χ3v) is 6.19. The lowest BCUT2D eigenvalue weighted by molar-refractivity contribution is 0.375. The topological polar surface area (TPSA) is 12.0 Å². The molecule has 1 nitrogen and oxygen atoms in total. The van der Waals surface area contributed by atoms with Crippen molar-refractivity contribution in [1.82, 2.24) is 5.32 Å². The molecule has 1 N–H and O–H groups in total. The highest BCUT2D eigenvalue weighted by Gasteiger charge is 2.66. The van der Waals surface area contributed by atoms with Crippen molar-refractivity contribution in [3.8, 4) is 0 Å². The van der Waals surface area contributed by atoms with Gasteiger partial charge in [0.15, 0.2) is 0 Å². The van der Waals surface area contributed by atoms with Crippen LogP contribution in [0.15, 0.2) is 24.3 Å². The summed E-state index contributed by atoms with van der Waals surface area (Å²) in [4.78, 5) is 0. The van der Waals surface area contributed by atoms with E-state index >= 15 is 0 Å². The van der Waals surface area contributed by atoms with Crippen molar-refractivity contribution in [1.29, 1.82) is 0 Å². The van der Waals surface area contributed by atoms with Gasteiger partial charge < -0.3 is 5.32 Å². The molecule has 2 bridgehead atoms. The molecule has 0 saturated heterocycles. The van der Waals surface area contributed by atoms with E-state index in [0.29, 0.717) is 6.04 Å². The molecule has 1 aromatic rings. The first-order valence-electron chi connectivity index (χ1n) is 7.79. The summed E-state index contributed by atoms with van der Waals surface area (Å²) in [6.07, 6.45) is 4.50. The van der Waals surface area contributed by atoms with Gasteiger partial charge in [0.05, 0.1) is 0 Å². The number of hydrogen-bond acceptors (Lipinski definition) is 1. The second kappa shape index (κ2) is 4.49. The van der Waals surface area contributed by atoms with Gasteiger partial charge in [0.2, 0.25) is 0 Å². The SMILES string of the molecule is CCNC(c1ccccc1Cl)C1C2C3CCC(C3)C21. The summed E-state index contributed by atoms with van der Waals surface area (Å²) in [5.41, 5.74) is 1.32. The average molecular weight is 276 g/mol. The van der Waals surface area contributed by atoms with E-state index in [1.54, 1.807) is 0 Å². The van der Waals surface area contributed by atoms with Gasteiger partial charge in [-0.1, -0.05) is 36.7 Å². The van der Waals surface area contributed by atoms with Crippen molar-refractivity contribution in [2.75, 3.05) is 6.54 Å². The predicted octanol–water partition coefficient (Wildman–Crippen LogP) is 4.28. The van der Waals surface area contributed by atoms with Crippen molar-refractivity contribution in [2.24, 2.45) is 29.6 Å². The summed E-state index contributed by atoms with van der Waals surface area (Å²) in [7, 11) is 0. The summed E-state index contributed by atoms with van der Waals surface area (Å²) >= 11 is 6.43. The van der Waals surface area contributed by atoms with Crippen LogP contribution in [0.1, 0.15) is 37.8 Å². The van der Waals surface area contributed by atoms with E-state index in [1.165, 1.54) is 24.8 Å². The lowest BCUT2D eigenvalue weighted by atomic mass is 9.93. The molecular formula is C17H22ClN. The molecule has 0 amide bonds. The van der Waals surface area contributed by atoms with Crippen LogP contribution in [0.4, 0.5) is 0 Å². The Kier molecular flexibility index (Phi) is 2.89. The van der Waals surface area contributed by atoms with Gasteiger partial charge in [-0.3, -0.25) is 0 Å². The molecule has 0 radical (unpaired) electrons. The predicted molar refractivity (Wildman–Crippen MR) is 79.2 cm³/mol. The van der Waals surface area contributed by atoms with Crippen LogP contribution in [-0.4, -0.2) is 6.54 Å². The Hall–Kier alpha value is -0.530. The van der Waals surface area contributed by atoms with Crippen LogP contribution in [0.3, 0.4) is 0 Å². The minimum Gasteiger partial charge on any atom is -0.310 e. The quantitative estimate of drug-likeness (QED) is 0.865. The lowest BCUT2D eigenvalue weighted by Gasteiger charge is -2.23. The molecule has 3 aliphatic rings. The van der Waals surface area contributed by atoms with Gasteiger partial charge in [-0.15, -0.1) is 0 Å². The van der Waals surface area contributed by atoms with Gasteiger partial charge in [0.25, 0.3) is 0 Å². The zero-order chi connectivity index (χ0) is 13.0. The number of fused-ring (bicyclic) bond motifs is 5. The van der Waals surface area contributed by atoms with Crippen LogP contribution in [0, 0.1) is 29.6 Å². The molecule has 0 aliphatic heterocycles. The molecule has 0 aromatic heterocycles. The van der Waals surface area contributed by atoms with E-state index in [0.717, 1.165) is 41.2 Å². The van der Waals surface area contributed by atoms with Gasteiger partial charge in [-0.2, -0.15) is 0 Å². The molecule has 5 atom stereocenters. The van der Waals surface area contributed by atoms with Crippen LogP contribution >= 0.6 is 11.6 Å². The average Bonchev–Trinajstić information content (AvgIpc) is 2.84. The van der Waals surface area contributed by atoms with E-state index < -0.39 is 0 Å². The van der Waals surface area contributed by atoms with Crippen molar-refractivity contribution in [3.63, 3.8) is 0 Å². The fourth-order valence-electron chi connectivity index (χ4n) is 5.24. The van der Waals surface area contributed by atoms with Gasteiger partial charge >= 0.3 is 0 Å². The molecule has 3 fully saturated rings.